The fourth-order valence-corrected chi connectivity index (χ4v) is 7.28. The second-order valence-electron chi connectivity index (χ2n) is 11.6. The minimum atomic E-state index is 0.149. The summed E-state index contributed by atoms with van der Waals surface area (Å²) in [5, 5.41) is 0. The molecule has 0 unspecified atom stereocenters. The van der Waals surface area contributed by atoms with Gasteiger partial charge in [0.25, 0.3) is 0 Å². The zero-order valence-corrected chi connectivity index (χ0v) is 19.2. The molecule has 166 valence electrons. The Hall–Kier alpha value is -0.530. The van der Waals surface area contributed by atoms with E-state index in [9.17, 15) is 4.79 Å². The number of ether oxygens (including phenoxy) is 1. The molecule has 2 heteroatoms. The lowest BCUT2D eigenvalue weighted by molar-refractivity contribution is -0.158. The zero-order valence-electron chi connectivity index (χ0n) is 19.2. The van der Waals surface area contributed by atoms with E-state index in [0.29, 0.717) is 0 Å². The van der Waals surface area contributed by atoms with Gasteiger partial charge in [-0.25, -0.2) is 0 Å². The number of rotatable bonds is 4. The summed E-state index contributed by atoms with van der Waals surface area (Å²) in [5.74, 6) is 5.94. The van der Waals surface area contributed by atoms with E-state index in [2.05, 4.69) is 13.8 Å². The van der Waals surface area contributed by atoms with Gasteiger partial charge in [-0.15, -0.1) is 0 Å². The fourth-order valence-electron chi connectivity index (χ4n) is 7.28. The molecule has 0 heterocycles. The second-order valence-corrected chi connectivity index (χ2v) is 11.6. The van der Waals surface area contributed by atoms with Crippen molar-refractivity contribution in [1.29, 1.82) is 0 Å². The minimum Gasteiger partial charge on any atom is -0.462 e. The molecule has 29 heavy (non-hydrogen) atoms. The molecule has 0 atom stereocenters. The van der Waals surface area contributed by atoms with Crippen molar-refractivity contribution in [2.45, 2.75) is 123 Å². The highest BCUT2D eigenvalue weighted by Gasteiger charge is 2.35. The monoisotopic (exact) mass is 402 g/mol. The lowest BCUT2D eigenvalue weighted by Crippen LogP contribution is -2.33. The molecule has 0 aromatic rings. The molecule has 0 aromatic carbocycles. The first-order chi connectivity index (χ1) is 14.1. The van der Waals surface area contributed by atoms with Crippen LogP contribution in [0.4, 0.5) is 0 Å². The third kappa shape index (κ3) is 5.79. The van der Waals surface area contributed by atoms with Crippen LogP contribution in [0.1, 0.15) is 117 Å². The molecule has 4 saturated carbocycles. The third-order valence-electron chi connectivity index (χ3n) is 9.56. The average Bonchev–Trinajstić information content (AvgIpc) is 2.76. The standard InChI is InChI=1S/C27H46O2/c1-19-3-7-21(8-4-19)23-11-13-25(14-12-23)27(28)29-26-17-15-24(16-18-26)22-9-5-20(2)6-10-22/h19-26H,3-18H2,1-2H3/t19?,20?,21?,22?,23?,24-,25?,26+. The average molecular weight is 403 g/mol. The van der Waals surface area contributed by atoms with Crippen LogP contribution in [0, 0.1) is 41.4 Å². The van der Waals surface area contributed by atoms with Gasteiger partial charge in [-0.1, -0.05) is 39.5 Å². The maximum atomic E-state index is 12.8. The van der Waals surface area contributed by atoms with Gasteiger partial charge in [0.15, 0.2) is 0 Å². The summed E-state index contributed by atoms with van der Waals surface area (Å²) >= 11 is 0. The van der Waals surface area contributed by atoms with Gasteiger partial charge in [-0.3, -0.25) is 4.79 Å². The highest BCUT2D eigenvalue weighted by molar-refractivity contribution is 5.72. The Morgan fingerprint density at radius 2 is 0.862 bits per heavy atom. The van der Waals surface area contributed by atoms with E-state index in [1.165, 1.54) is 77.0 Å². The summed E-state index contributed by atoms with van der Waals surface area (Å²) < 4.78 is 6.04. The first kappa shape index (κ1) is 21.7. The van der Waals surface area contributed by atoms with Crippen LogP contribution < -0.4 is 0 Å². The Bertz CT molecular complexity index is 497. The number of carbonyl (C=O) groups excluding carboxylic acids is 1. The predicted octanol–water partition coefficient (Wildman–Crippen LogP) is 7.55. The van der Waals surface area contributed by atoms with Crippen LogP contribution in [0.3, 0.4) is 0 Å². The molecular formula is C27H46O2. The minimum absolute atomic E-state index is 0.149. The van der Waals surface area contributed by atoms with Crippen molar-refractivity contribution in [1.82, 2.24) is 0 Å². The van der Waals surface area contributed by atoms with E-state index in [1.807, 2.05) is 0 Å². The zero-order chi connectivity index (χ0) is 20.2. The molecule has 0 bridgehead atoms. The Kier molecular flexibility index (Phi) is 7.62. The van der Waals surface area contributed by atoms with Crippen molar-refractivity contribution in [2.24, 2.45) is 41.4 Å². The first-order valence-electron chi connectivity index (χ1n) is 13.3. The van der Waals surface area contributed by atoms with Gasteiger partial charge < -0.3 is 4.74 Å². The Labute approximate surface area is 179 Å². The molecule has 2 nitrogen and oxygen atoms in total. The van der Waals surface area contributed by atoms with Gasteiger partial charge in [0, 0.05) is 0 Å². The molecule has 4 aliphatic rings. The molecule has 0 aromatic heterocycles. The quantitative estimate of drug-likeness (QED) is 0.454. The molecule has 0 spiro atoms. The SMILES string of the molecule is CC1CCC(C2CCC(C(=O)O[C@H]3CC[C@@H](C4CCC(C)CC4)CC3)CC2)CC1. The van der Waals surface area contributed by atoms with E-state index in [-0.39, 0.29) is 18.0 Å². The van der Waals surface area contributed by atoms with Gasteiger partial charge in [0.2, 0.25) is 0 Å². The van der Waals surface area contributed by atoms with Gasteiger partial charge in [0.05, 0.1) is 5.92 Å². The van der Waals surface area contributed by atoms with Crippen LogP contribution in [0.25, 0.3) is 0 Å². The molecule has 0 saturated heterocycles. The molecule has 4 aliphatic carbocycles. The van der Waals surface area contributed by atoms with E-state index in [1.54, 1.807) is 0 Å². The normalized spacial score (nSPS) is 44.2. The molecule has 0 amide bonds. The largest absolute Gasteiger partial charge is 0.462 e. The number of carbonyl (C=O) groups is 1. The lowest BCUT2D eigenvalue weighted by atomic mass is 9.69. The van der Waals surface area contributed by atoms with Crippen LogP contribution >= 0.6 is 0 Å². The van der Waals surface area contributed by atoms with Gasteiger partial charge in [-0.2, -0.15) is 0 Å². The Morgan fingerprint density at radius 1 is 0.517 bits per heavy atom. The van der Waals surface area contributed by atoms with Gasteiger partial charge >= 0.3 is 5.97 Å². The molecule has 0 N–H and O–H groups in total. The summed E-state index contributed by atoms with van der Waals surface area (Å²) in [5.41, 5.74) is 0. The van der Waals surface area contributed by atoms with Gasteiger partial charge in [-0.05, 0) is 113 Å². The highest BCUT2D eigenvalue weighted by Crippen LogP contribution is 2.43. The summed E-state index contributed by atoms with van der Waals surface area (Å²) in [6, 6.07) is 0. The Morgan fingerprint density at radius 3 is 1.28 bits per heavy atom. The van der Waals surface area contributed by atoms with Crippen LogP contribution in [-0.4, -0.2) is 12.1 Å². The summed E-state index contributed by atoms with van der Waals surface area (Å²) in [6.07, 6.45) is 21.2. The van der Waals surface area contributed by atoms with Crippen LogP contribution in [0.5, 0.6) is 0 Å². The summed E-state index contributed by atoms with van der Waals surface area (Å²) in [7, 11) is 0. The van der Waals surface area contributed by atoms with E-state index in [4.69, 9.17) is 4.74 Å². The first-order valence-corrected chi connectivity index (χ1v) is 13.3. The van der Waals surface area contributed by atoms with Crippen molar-refractivity contribution < 1.29 is 9.53 Å². The van der Waals surface area contributed by atoms with Crippen LogP contribution in [0.2, 0.25) is 0 Å². The molecule has 4 rings (SSSR count). The lowest BCUT2D eigenvalue weighted by Gasteiger charge is -2.38. The highest BCUT2D eigenvalue weighted by atomic mass is 16.5. The predicted molar refractivity (Wildman–Crippen MR) is 120 cm³/mol. The smallest absolute Gasteiger partial charge is 0.309 e. The second kappa shape index (κ2) is 10.2. The van der Waals surface area contributed by atoms with Crippen molar-refractivity contribution >= 4 is 5.97 Å². The molecule has 4 fully saturated rings. The van der Waals surface area contributed by atoms with E-state index < -0.39 is 0 Å². The number of hydrogen-bond acceptors (Lipinski definition) is 2. The van der Waals surface area contributed by atoms with Gasteiger partial charge in [0.1, 0.15) is 6.10 Å². The number of hydrogen-bond donors (Lipinski definition) is 0. The van der Waals surface area contributed by atoms with E-state index >= 15 is 0 Å². The van der Waals surface area contributed by atoms with Crippen molar-refractivity contribution in [2.75, 3.05) is 0 Å². The topological polar surface area (TPSA) is 26.3 Å². The number of esters is 1. The molecule has 0 radical (unpaired) electrons. The van der Waals surface area contributed by atoms with Crippen LogP contribution in [-0.2, 0) is 9.53 Å². The molecular weight excluding hydrogens is 356 g/mol. The fraction of sp³-hybridized carbons (Fsp3) is 0.963. The van der Waals surface area contributed by atoms with Crippen molar-refractivity contribution in [3.8, 4) is 0 Å². The summed E-state index contributed by atoms with van der Waals surface area (Å²) in [6.45, 7) is 4.82. The van der Waals surface area contributed by atoms with Crippen molar-refractivity contribution in [3.63, 3.8) is 0 Å². The maximum absolute atomic E-state index is 12.8. The molecule has 0 aliphatic heterocycles. The van der Waals surface area contributed by atoms with Crippen molar-refractivity contribution in [3.05, 3.63) is 0 Å². The van der Waals surface area contributed by atoms with E-state index in [0.717, 1.165) is 61.2 Å². The summed E-state index contributed by atoms with van der Waals surface area (Å²) in [4.78, 5) is 12.8. The third-order valence-corrected chi connectivity index (χ3v) is 9.56. The Balaban J connectivity index is 1.14. The van der Waals surface area contributed by atoms with Crippen LogP contribution in [0.15, 0.2) is 0 Å². The maximum Gasteiger partial charge on any atom is 0.309 e.